The molecule has 20 heavy (non-hydrogen) atoms. The second-order valence-electron chi connectivity index (χ2n) is 3.96. The number of hydrogen-bond donors (Lipinski definition) is 3. The van der Waals surface area contributed by atoms with E-state index in [1.165, 1.54) is 24.4 Å². The van der Waals surface area contributed by atoms with E-state index in [2.05, 4.69) is 10.3 Å². The molecule has 0 fully saturated rings. The number of rotatable bonds is 3. The fourth-order valence-corrected chi connectivity index (χ4v) is 1.58. The molecule has 0 radical (unpaired) electrons. The van der Waals surface area contributed by atoms with Gasteiger partial charge in [-0.1, -0.05) is 0 Å². The lowest BCUT2D eigenvalue weighted by atomic mass is 10.1. The Morgan fingerprint density at radius 2 is 2.00 bits per heavy atom. The number of anilines is 2. The van der Waals surface area contributed by atoms with E-state index in [4.69, 9.17) is 10.8 Å². The SMILES string of the molecule is Nc1ccc(C(=O)O)c(NC(=O)c2cncc(F)c2)c1. The van der Waals surface area contributed by atoms with Gasteiger partial charge in [-0.15, -0.1) is 0 Å². The van der Waals surface area contributed by atoms with Gasteiger partial charge in [0.15, 0.2) is 0 Å². The van der Waals surface area contributed by atoms with Gasteiger partial charge in [0.2, 0.25) is 0 Å². The molecule has 7 heteroatoms. The van der Waals surface area contributed by atoms with E-state index in [1.807, 2.05) is 0 Å². The number of halogens is 1. The van der Waals surface area contributed by atoms with Crippen LogP contribution >= 0.6 is 0 Å². The van der Waals surface area contributed by atoms with Gasteiger partial charge in [0.25, 0.3) is 5.91 Å². The molecule has 102 valence electrons. The number of carbonyl (C=O) groups excluding carboxylic acids is 1. The van der Waals surface area contributed by atoms with Crippen LogP contribution < -0.4 is 11.1 Å². The zero-order valence-corrected chi connectivity index (χ0v) is 10.1. The van der Waals surface area contributed by atoms with Crippen LogP contribution in [-0.2, 0) is 0 Å². The summed E-state index contributed by atoms with van der Waals surface area (Å²) in [6.07, 6.45) is 2.13. The van der Waals surface area contributed by atoms with E-state index in [9.17, 15) is 14.0 Å². The molecular formula is C13H10FN3O3. The number of aromatic nitrogens is 1. The first-order chi connectivity index (χ1) is 9.47. The number of carbonyl (C=O) groups is 2. The maximum absolute atomic E-state index is 13.0. The van der Waals surface area contributed by atoms with E-state index in [1.54, 1.807) is 0 Å². The summed E-state index contributed by atoms with van der Waals surface area (Å²) in [6, 6.07) is 4.99. The van der Waals surface area contributed by atoms with Crippen LogP contribution in [0.2, 0.25) is 0 Å². The molecule has 1 aromatic carbocycles. The van der Waals surface area contributed by atoms with Gasteiger partial charge in [0.05, 0.1) is 23.0 Å². The summed E-state index contributed by atoms with van der Waals surface area (Å²) in [5.74, 6) is -2.55. The number of nitrogen functional groups attached to an aromatic ring is 1. The molecule has 0 saturated heterocycles. The van der Waals surface area contributed by atoms with Crippen molar-refractivity contribution in [2.24, 2.45) is 0 Å². The smallest absolute Gasteiger partial charge is 0.337 e. The summed E-state index contributed by atoms with van der Waals surface area (Å²) in [5.41, 5.74) is 5.74. The highest BCUT2D eigenvalue weighted by molar-refractivity contribution is 6.07. The largest absolute Gasteiger partial charge is 0.478 e. The molecule has 2 aromatic rings. The zero-order chi connectivity index (χ0) is 14.7. The Kier molecular flexibility index (Phi) is 3.60. The lowest BCUT2D eigenvalue weighted by Crippen LogP contribution is -2.15. The molecule has 4 N–H and O–H groups in total. The minimum absolute atomic E-state index is 0.0243. The molecule has 6 nitrogen and oxygen atoms in total. The second-order valence-corrected chi connectivity index (χ2v) is 3.96. The third kappa shape index (κ3) is 2.89. The first-order valence-corrected chi connectivity index (χ1v) is 5.52. The topological polar surface area (TPSA) is 105 Å². The third-order valence-electron chi connectivity index (χ3n) is 2.49. The average molecular weight is 275 g/mol. The Labute approximate surface area is 113 Å². The maximum atomic E-state index is 13.0. The number of benzene rings is 1. The molecule has 0 unspecified atom stereocenters. The van der Waals surface area contributed by atoms with Gasteiger partial charge in [0.1, 0.15) is 5.82 Å². The van der Waals surface area contributed by atoms with Crippen LogP contribution in [0.5, 0.6) is 0 Å². The molecule has 1 amide bonds. The summed E-state index contributed by atoms with van der Waals surface area (Å²) < 4.78 is 13.0. The highest BCUT2D eigenvalue weighted by atomic mass is 19.1. The van der Waals surface area contributed by atoms with E-state index in [0.717, 1.165) is 12.3 Å². The standard InChI is InChI=1S/C13H10FN3O3/c14-8-3-7(5-16-6-8)12(18)17-11-4-9(15)1-2-10(11)13(19)20/h1-6H,15H2,(H,17,18)(H,19,20). The quantitative estimate of drug-likeness (QED) is 0.740. The van der Waals surface area contributed by atoms with Crippen molar-refractivity contribution < 1.29 is 19.1 Å². The molecular weight excluding hydrogens is 265 g/mol. The van der Waals surface area contributed by atoms with E-state index >= 15 is 0 Å². The molecule has 1 aromatic heterocycles. The van der Waals surface area contributed by atoms with Gasteiger partial charge in [-0.05, 0) is 24.3 Å². The molecule has 0 bridgehead atoms. The summed E-state index contributed by atoms with van der Waals surface area (Å²) in [4.78, 5) is 26.5. The van der Waals surface area contributed by atoms with E-state index in [0.29, 0.717) is 5.69 Å². The number of amides is 1. The average Bonchev–Trinajstić information content (AvgIpc) is 2.38. The van der Waals surface area contributed by atoms with Crippen LogP contribution in [0.25, 0.3) is 0 Å². The van der Waals surface area contributed by atoms with Gasteiger partial charge < -0.3 is 16.2 Å². The molecule has 0 aliphatic rings. The van der Waals surface area contributed by atoms with Crippen molar-refractivity contribution in [1.82, 2.24) is 4.98 Å². The highest BCUT2D eigenvalue weighted by Gasteiger charge is 2.14. The van der Waals surface area contributed by atoms with Crippen LogP contribution in [-0.4, -0.2) is 22.0 Å². The third-order valence-corrected chi connectivity index (χ3v) is 2.49. The predicted molar refractivity (Wildman–Crippen MR) is 70.0 cm³/mol. The molecule has 2 rings (SSSR count). The number of nitrogens with zero attached hydrogens (tertiary/aromatic N) is 1. The van der Waals surface area contributed by atoms with Crippen molar-refractivity contribution >= 4 is 23.3 Å². The van der Waals surface area contributed by atoms with Gasteiger partial charge in [0, 0.05) is 11.9 Å². The van der Waals surface area contributed by atoms with Gasteiger partial charge in [-0.3, -0.25) is 9.78 Å². The maximum Gasteiger partial charge on any atom is 0.337 e. The highest BCUT2D eigenvalue weighted by Crippen LogP contribution is 2.20. The van der Waals surface area contributed by atoms with Crippen LogP contribution in [0.3, 0.4) is 0 Å². The summed E-state index contributed by atoms with van der Waals surface area (Å²) in [6.45, 7) is 0. The number of carboxylic acid groups (broad SMARTS) is 1. The van der Waals surface area contributed by atoms with Gasteiger partial charge in [-0.2, -0.15) is 0 Å². The van der Waals surface area contributed by atoms with Crippen molar-refractivity contribution in [1.29, 1.82) is 0 Å². The number of aromatic carboxylic acids is 1. The van der Waals surface area contributed by atoms with Crippen LogP contribution in [0.15, 0.2) is 36.7 Å². The summed E-state index contributed by atoms with van der Waals surface area (Å²) in [7, 11) is 0. The van der Waals surface area contributed by atoms with Crippen molar-refractivity contribution in [2.45, 2.75) is 0 Å². The monoisotopic (exact) mass is 275 g/mol. The summed E-state index contributed by atoms with van der Waals surface area (Å²) >= 11 is 0. The fourth-order valence-electron chi connectivity index (χ4n) is 1.58. The molecule has 1 heterocycles. The zero-order valence-electron chi connectivity index (χ0n) is 10.1. The van der Waals surface area contributed by atoms with Crippen molar-refractivity contribution in [2.75, 3.05) is 11.1 Å². The lowest BCUT2D eigenvalue weighted by Gasteiger charge is -2.09. The number of nitrogens with one attached hydrogen (secondary N) is 1. The van der Waals surface area contributed by atoms with Crippen molar-refractivity contribution in [3.63, 3.8) is 0 Å². The predicted octanol–water partition coefficient (Wildman–Crippen LogP) is 1.75. The first kappa shape index (κ1) is 13.5. The van der Waals surface area contributed by atoms with Crippen LogP contribution in [0.1, 0.15) is 20.7 Å². The lowest BCUT2D eigenvalue weighted by molar-refractivity contribution is 0.0698. The molecule has 0 saturated carbocycles. The molecule has 0 aliphatic carbocycles. The number of hydrogen-bond acceptors (Lipinski definition) is 4. The molecule has 0 atom stereocenters. The van der Waals surface area contributed by atoms with Crippen LogP contribution in [0.4, 0.5) is 15.8 Å². The second kappa shape index (κ2) is 5.35. The van der Waals surface area contributed by atoms with Crippen molar-refractivity contribution in [3.05, 3.63) is 53.6 Å². The Morgan fingerprint density at radius 1 is 1.25 bits per heavy atom. The van der Waals surface area contributed by atoms with Crippen LogP contribution in [0, 0.1) is 5.82 Å². The minimum atomic E-state index is -1.21. The fraction of sp³-hybridized carbons (Fsp3) is 0. The number of nitrogens with two attached hydrogens (primary N) is 1. The van der Waals surface area contributed by atoms with Crippen molar-refractivity contribution in [3.8, 4) is 0 Å². The summed E-state index contributed by atoms with van der Waals surface area (Å²) in [5, 5.41) is 11.4. The Hall–Kier alpha value is -2.96. The van der Waals surface area contributed by atoms with E-state index < -0.39 is 17.7 Å². The Balaban J connectivity index is 2.32. The Morgan fingerprint density at radius 3 is 2.65 bits per heavy atom. The number of pyridine rings is 1. The molecule has 0 spiro atoms. The van der Waals surface area contributed by atoms with E-state index in [-0.39, 0.29) is 16.8 Å². The van der Waals surface area contributed by atoms with Gasteiger partial charge in [-0.25, -0.2) is 9.18 Å². The van der Waals surface area contributed by atoms with Gasteiger partial charge >= 0.3 is 5.97 Å². The number of carboxylic acids is 1. The normalized spacial score (nSPS) is 10.1. The Bertz CT molecular complexity index is 688. The minimum Gasteiger partial charge on any atom is -0.478 e. The molecule has 0 aliphatic heterocycles. The first-order valence-electron chi connectivity index (χ1n) is 5.52.